The van der Waals surface area contributed by atoms with E-state index in [-0.39, 0.29) is 29.7 Å². The number of hydrogen-bond donors (Lipinski definition) is 3. The lowest BCUT2D eigenvalue weighted by Crippen LogP contribution is -2.74. The molecule has 37 heavy (non-hydrogen) atoms. The van der Waals surface area contributed by atoms with Gasteiger partial charge in [-0.05, 0) is 44.1 Å². The van der Waals surface area contributed by atoms with Crippen LogP contribution in [0.25, 0.3) is 0 Å². The summed E-state index contributed by atoms with van der Waals surface area (Å²) in [6.45, 7) is 2.52. The molecule has 0 radical (unpaired) electrons. The maximum absolute atomic E-state index is 13.2. The van der Waals surface area contributed by atoms with Crippen molar-refractivity contribution in [3.05, 3.63) is 35.1 Å². The smallest absolute Gasteiger partial charge is 0.357 e. The van der Waals surface area contributed by atoms with Crippen molar-refractivity contribution in [3.63, 3.8) is 0 Å². The average Bonchev–Trinajstić information content (AvgIpc) is 3.17. The van der Waals surface area contributed by atoms with Crippen molar-refractivity contribution in [3.8, 4) is 11.5 Å². The fourth-order valence-corrected chi connectivity index (χ4v) is 6.44. The number of aliphatic carboxylic acids is 1. The minimum atomic E-state index is -2.15. The van der Waals surface area contributed by atoms with Gasteiger partial charge in [0.1, 0.15) is 5.76 Å². The standard InChI is InChI=1S/C25H27NO11/c1-11(27)34-19(22(30)31)20(35-12(2)28)23(32)36-15-6-7-25(33)16-10-13-4-5-14(29)18-17(13)24(25,21(15)37-18)8-9-26(16)3/h4-6,16,19-21,29,33H,7-10H2,1-3H3,(H,30,31)/t16-,19-,20-,21-,24-,25+/m0/s1. The van der Waals surface area contributed by atoms with Gasteiger partial charge in [0.05, 0.1) is 11.0 Å². The number of hydrogen-bond acceptors (Lipinski definition) is 11. The number of carboxylic acid groups (broad SMARTS) is 1. The van der Waals surface area contributed by atoms with Crippen LogP contribution in [-0.4, -0.2) is 87.6 Å². The maximum Gasteiger partial charge on any atom is 0.357 e. The van der Waals surface area contributed by atoms with Gasteiger partial charge in [-0.1, -0.05) is 6.07 Å². The van der Waals surface area contributed by atoms with Crippen molar-refractivity contribution < 1.29 is 53.4 Å². The molecule has 1 saturated heterocycles. The summed E-state index contributed by atoms with van der Waals surface area (Å²) in [4.78, 5) is 50.1. The number of piperidine rings is 1. The Morgan fingerprint density at radius 3 is 2.46 bits per heavy atom. The number of carbonyl (C=O) groups excluding carboxylic acids is 3. The zero-order valence-corrected chi connectivity index (χ0v) is 20.4. The molecule has 0 aromatic heterocycles. The molecular weight excluding hydrogens is 490 g/mol. The topological polar surface area (TPSA) is 169 Å². The number of carbonyl (C=O) groups is 4. The van der Waals surface area contributed by atoms with Crippen molar-refractivity contribution in [2.75, 3.05) is 13.6 Å². The zero-order valence-electron chi connectivity index (χ0n) is 20.4. The fourth-order valence-electron chi connectivity index (χ4n) is 6.44. The van der Waals surface area contributed by atoms with E-state index in [1.54, 1.807) is 6.07 Å². The molecule has 0 saturated carbocycles. The lowest BCUT2D eigenvalue weighted by Gasteiger charge is -2.61. The number of carboxylic acids is 1. The lowest BCUT2D eigenvalue weighted by molar-refractivity contribution is -0.190. The zero-order chi connectivity index (χ0) is 26.9. The predicted octanol–water partition coefficient (Wildman–Crippen LogP) is 0.161. The molecule has 1 aromatic rings. The third kappa shape index (κ3) is 3.50. The van der Waals surface area contributed by atoms with Crippen molar-refractivity contribution >= 4 is 23.9 Å². The average molecular weight is 517 g/mol. The van der Waals surface area contributed by atoms with Crippen molar-refractivity contribution in [2.24, 2.45) is 0 Å². The number of benzene rings is 1. The van der Waals surface area contributed by atoms with E-state index < -0.39 is 53.2 Å². The maximum atomic E-state index is 13.2. The molecule has 1 spiro atoms. The number of phenolic OH excluding ortho intramolecular Hbond substituents is 1. The van der Waals surface area contributed by atoms with E-state index in [1.165, 1.54) is 12.1 Å². The summed E-state index contributed by atoms with van der Waals surface area (Å²) in [6.07, 6.45) is -2.72. The van der Waals surface area contributed by atoms with Gasteiger partial charge in [-0.2, -0.15) is 0 Å². The summed E-state index contributed by atoms with van der Waals surface area (Å²) < 4.78 is 21.4. The SMILES string of the molecule is CC(=O)O[C@H](C(=O)O)[C@H](OC(C)=O)C(=O)OC1=CC[C@@]2(O)[C@@H]3Cc4ccc(O)c5c4[C@@]2(CCN3C)[C@H]1O5. The van der Waals surface area contributed by atoms with E-state index in [0.29, 0.717) is 24.9 Å². The molecule has 5 rings (SSSR count). The van der Waals surface area contributed by atoms with E-state index >= 15 is 0 Å². The number of nitrogens with zero attached hydrogens (tertiary/aromatic N) is 1. The highest BCUT2D eigenvalue weighted by Crippen LogP contribution is 2.65. The quantitative estimate of drug-likeness (QED) is 0.346. The summed E-state index contributed by atoms with van der Waals surface area (Å²) in [6, 6.07) is 3.05. The first-order valence-corrected chi connectivity index (χ1v) is 11.8. The second-order valence-corrected chi connectivity index (χ2v) is 9.92. The third-order valence-electron chi connectivity index (χ3n) is 7.91. The summed E-state index contributed by atoms with van der Waals surface area (Å²) in [5.74, 6) is -4.94. The van der Waals surface area contributed by atoms with E-state index in [0.717, 1.165) is 19.4 Å². The monoisotopic (exact) mass is 517 g/mol. The Morgan fingerprint density at radius 2 is 1.81 bits per heavy atom. The Labute approximate surface area is 211 Å². The molecule has 0 unspecified atom stereocenters. The second-order valence-electron chi connectivity index (χ2n) is 9.92. The Hall–Kier alpha value is -3.64. The number of aromatic hydroxyl groups is 1. The van der Waals surface area contributed by atoms with E-state index in [1.807, 2.05) is 7.05 Å². The first-order valence-electron chi connectivity index (χ1n) is 11.8. The molecule has 12 nitrogen and oxygen atoms in total. The van der Waals surface area contributed by atoms with Crippen LogP contribution in [0.5, 0.6) is 11.5 Å². The first-order chi connectivity index (χ1) is 17.4. The third-order valence-corrected chi connectivity index (χ3v) is 7.91. The molecule has 0 amide bonds. The van der Waals surface area contributed by atoms with Gasteiger partial charge in [0.2, 0.25) is 12.2 Å². The van der Waals surface area contributed by atoms with Gasteiger partial charge in [-0.3, -0.25) is 9.59 Å². The van der Waals surface area contributed by atoms with Crippen LogP contribution in [0.4, 0.5) is 0 Å². The highest BCUT2D eigenvalue weighted by molar-refractivity contribution is 5.88. The minimum Gasteiger partial charge on any atom is -0.504 e. The second kappa shape index (κ2) is 8.45. The van der Waals surface area contributed by atoms with Gasteiger partial charge in [0.15, 0.2) is 17.6 Å². The van der Waals surface area contributed by atoms with E-state index in [2.05, 4.69) is 4.90 Å². The number of likely N-dealkylation sites (N-methyl/N-ethyl adjacent to an activating group) is 1. The number of likely N-dealkylation sites (tertiary alicyclic amines) is 1. The van der Waals surface area contributed by atoms with Crippen LogP contribution in [0.2, 0.25) is 0 Å². The molecule has 3 N–H and O–H groups in total. The largest absolute Gasteiger partial charge is 0.504 e. The lowest BCUT2D eigenvalue weighted by atomic mass is 9.50. The van der Waals surface area contributed by atoms with Crippen molar-refractivity contribution in [1.82, 2.24) is 4.90 Å². The van der Waals surface area contributed by atoms with Gasteiger partial charge < -0.3 is 39.2 Å². The Balaban J connectivity index is 1.55. The van der Waals surface area contributed by atoms with Crippen LogP contribution >= 0.6 is 0 Å². The highest BCUT2D eigenvalue weighted by atomic mass is 16.6. The normalized spacial score (nSPS) is 30.6. The van der Waals surface area contributed by atoms with Crippen LogP contribution in [0, 0.1) is 0 Å². The summed E-state index contributed by atoms with van der Waals surface area (Å²) in [7, 11) is 1.93. The Kier molecular flexibility index (Phi) is 5.72. The summed E-state index contributed by atoms with van der Waals surface area (Å²) in [5.41, 5.74) is -0.771. The van der Waals surface area contributed by atoms with Gasteiger partial charge in [-0.15, -0.1) is 0 Å². The molecule has 1 fully saturated rings. The Morgan fingerprint density at radius 1 is 1.14 bits per heavy atom. The number of rotatable bonds is 6. The van der Waals surface area contributed by atoms with Gasteiger partial charge in [0, 0.05) is 31.9 Å². The molecule has 6 atom stereocenters. The number of aliphatic hydroxyl groups is 1. The molecule has 198 valence electrons. The van der Waals surface area contributed by atoms with Gasteiger partial charge in [-0.25, -0.2) is 9.59 Å². The van der Waals surface area contributed by atoms with Crippen LogP contribution < -0.4 is 4.74 Å². The van der Waals surface area contributed by atoms with Crippen LogP contribution in [0.15, 0.2) is 24.0 Å². The predicted molar refractivity (Wildman–Crippen MR) is 121 cm³/mol. The van der Waals surface area contributed by atoms with Gasteiger partial charge >= 0.3 is 23.9 Å². The summed E-state index contributed by atoms with van der Waals surface area (Å²) >= 11 is 0. The molecule has 4 aliphatic rings. The molecule has 2 bridgehead atoms. The number of esters is 3. The minimum absolute atomic E-state index is 0.0226. The van der Waals surface area contributed by atoms with Crippen molar-refractivity contribution in [2.45, 2.75) is 68.5 Å². The van der Waals surface area contributed by atoms with Crippen LogP contribution in [0.1, 0.15) is 37.8 Å². The molecular formula is C25H27NO11. The van der Waals surface area contributed by atoms with Gasteiger partial charge in [0.25, 0.3) is 0 Å². The highest BCUT2D eigenvalue weighted by Gasteiger charge is 2.72. The van der Waals surface area contributed by atoms with Crippen LogP contribution in [0.3, 0.4) is 0 Å². The molecule has 1 aromatic carbocycles. The van der Waals surface area contributed by atoms with Crippen molar-refractivity contribution in [1.29, 1.82) is 0 Å². The summed E-state index contributed by atoms with van der Waals surface area (Å²) in [5, 5.41) is 32.2. The van der Waals surface area contributed by atoms with E-state index in [4.69, 9.17) is 18.9 Å². The van der Waals surface area contributed by atoms with Crippen LogP contribution in [-0.2, 0) is 45.2 Å². The molecule has 2 aliphatic carbocycles. The van der Waals surface area contributed by atoms with E-state index in [9.17, 15) is 34.5 Å². The number of phenols is 1. The number of ether oxygens (including phenoxy) is 4. The fraction of sp³-hybridized carbons (Fsp3) is 0.520. The molecule has 2 aliphatic heterocycles. The Bertz CT molecular complexity index is 1240. The molecule has 12 heteroatoms. The first kappa shape index (κ1) is 25.0. The molecule has 2 heterocycles.